The minimum Gasteiger partial charge on any atom is -0.341 e. The Labute approximate surface area is 163 Å². The lowest BCUT2D eigenvalue weighted by Crippen LogP contribution is -2.58. The van der Waals surface area contributed by atoms with Gasteiger partial charge in [-0.2, -0.15) is 0 Å². The number of carbonyl (C=O) groups excluding carboxylic acids is 2. The summed E-state index contributed by atoms with van der Waals surface area (Å²) in [7, 11) is 2.00. The minimum atomic E-state index is -0.184. The van der Waals surface area contributed by atoms with E-state index in [9.17, 15) is 9.59 Å². The molecule has 27 heavy (non-hydrogen) atoms. The molecular formula is C22H35N3O2. The maximum absolute atomic E-state index is 13.7. The zero-order valence-corrected chi connectivity index (χ0v) is 16.8. The smallest absolute Gasteiger partial charge is 0.245 e. The molecule has 150 valence electrons. The van der Waals surface area contributed by atoms with E-state index in [-0.39, 0.29) is 17.4 Å². The van der Waals surface area contributed by atoms with Crippen LogP contribution in [0.4, 0.5) is 0 Å². The zero-order valence-electron chi connectivity index (χ0n) is 16.8. The molecule has 0 aromatic carbocycles. The monoisotopic (exact) mass is 373 g/mol. The zero-order chi connectivity index (χ0) is 18.6. The second kappa shape index (κ2) is 6.75. The van der Waals surface area contributed by atoms with Crippen molar-refractivity contribution in [3.05, 3.63) is 0 Å². The van der Waals surface area contributed by atoms with Gasteiger partial charge in [0.2, 0.25) is 11.8 Å². The normalized spacial score (nSPS) is 41.4. The van der Waals surface area contributed by atoms with Gasteiger partial charge in [0.15, 0.2) is 0 Å². The summed E-state index contributed by atoms with van der Waals surface area (Å²) in [5.74, 6) is 2.90. The molecule has 1 atom stereocenters. The van der Waals surface area contributed by atoms with Gasteiger partial charge in [-0.15, -0.1) is 0 Å². The summed E-state index contributed by atoms with van der Waals surface area (Å²) >= 11 is 0. The third-order valence-electron chi connectivity index (χ3n) is 8.51. The number of nitrogens with zero attached hydrogens (tertiary/aromatic N) is 2. The number of amides is 2. The van der Waals surface area contributed by atoms with E-state index >= 15 is 0 Å². The lowest BCUT2D eigenvalue weighted by Gasteiger charge is -2.56. The molecule has 4 aliphatic carbocycles. The first kappa shape index (κ1) is 18.0. The fraction of sp³-hybridized carbons (Fsp3) is 0.909. The van der Waals surface area contributed by atoms with Gasteiger partial charge in [-0.3, -0.25) is 9.59 Å². The molecule has 0 radical (unpaired) electrons. The standard InChI is InChI=1S/C22H35N3O2/c1-23-18-4-7-24(8-5-18)20(26)19-3-2-6-25(19)21(27)22-12-15-9-16(13-22)11-17(10-15)14-22/h15-19,23H,2-14H2,1H3. The molecule has 2 heterocycles. The average molecular weight is 374 g/mol. The highest BCUT2D eigenvalue weighted by Crippen LogP contribution is 2.60. The molecule has 0 aromatic rings. The average Bonchev–Trinajstić information content (AvgIpc) is 3.15. The minimum absolute atomic E-state index is 0.114. The summed E-state index contributed by atoms with van der Waals surface area (Å²) in [6, 6.07) is 0.346. The number of hydrogen-bond acceptors (Lipinski definition) is 3. The van der Waals surface area contributed by atoms with Crippen LogP contribution in [0, 0.1) is 23.2 Å². The molecule has 1 unspecified atom stereocenters. The third-order valence-corrected chi connectivity index (χ3v) is 8.51. The fourth-order valence-electron chi connectivity index (χ4n) is 7.54. The number of nitrogens with one attached hydrogen (secondary N) is 1. The van der Waals surface area contributed by atoms with Gasteiger partial charge in [-0.1, -0.05) is 0 Å². The maximum atomic E-state index is 13.7. The van der Waals surface area contributed by atoms with Crippen molar-refractivity contribution < 1.29 is 9.59 Å². The molecule has 5 heteroatoms. The van der Waals surface area contributed by atoms with E-state index in [4.69, 9.17) is 0 Å². The van der Waals surface area contributed by atoms with E-state index in [0.717, 1.165) is 82.3 Å². The number of likely N-dealkylation sites (tertiary alicyclic amines) is 2. The highest BCUT2D eigenvalue weighted by Gasteiger charge is 2.57. The third kappa shape index (κ3) is 3.01. The first-order chi connectivity index (χ1) is 13.1. The molecule has 6 aliphatic rings. The van der Waals surface area contributed by atoms with Gasteiger partial charge in [0.1, 0.15) is 6.04 Å². The van der Waals surface area contributed by atoms with E-state index in [1.165, 1.54) is 19.3 Å². The summed E-state index contributed by atoms with van der Waals surface area (Å²) < 4.78 is 0. The van der Waals surface area contributed by atoms with Crippen LogP contribution in [-0.4, -0.2) is 60.4 Å². The van der Waals surface area contributed by atoms with Crippen LogP contribution in [-0.2, 0) is 9.59 Å². The maximum Gasteiger partial charge on any atom is 0.245 e. The van der Waals surface area contributed by atoms with Crippen molar-refractivity contribution in [2.75, 3.05) is 26.7 Å². The Hall–Kier alpha value is -1.10. The topological polar surface area (TPSA) is 52.7 Å². The number of hydrogen-bond donors (Lipinski definition) is 1. The van der Waals surface area contributed by atoms with Crippen LogP contribution in [0.3, 0.4) is 0 Å². The summed E-state index contributed by atoms with van der Waals surface area (Å²) in [5, 5.41) is 3.33. The second-order valence-electron chi connectivity index (χ2n) is 10.2. The Morgan fingerprint density at radius 1 is 0.889 bits per heavy atom. The van der Waals surface area contributed by atoms with Gasteiger partial charge in [0.05, 0.1) is 5.41 Å². The number of piperidine rings is 1. The first-order valence-electron chi connectivity index (χ1n) is 11.3. The van der Waals surface area contributed by atoms with Crippen molar-refractivity contribution in [3.8, 4) is 0 Å². The Kier molecular flexibility index (Phi) is 4.49. The van der Waals surface area contributed by atoms with Gasteiger partial charge < -0.3 is 15.1 Å². The summed E-state index contributed by atoms with van der Waals surface area (Å²) in [4.78, 5) is 31.0. The Morgan fingerprint density at radius 3 is 2.04 bits per heavy atom. The van der Waals surface area contributed by atoms with Crippen molar-refractivity contribution in [1.82, 2.24) is 15.1 Å². The quantitative estimate of drug-likeness (QED) is 0.827. The van der Waals surface area contributed by atoms with Gasteiger partial charge in [0.25, 0.3) is 0 Å². The van der Waals surface area contributed by atoms with Gasteiger partial charge in [-0.05, 0) is 89.0 Å². The highest BCUT2D eigenvalue weighted by atomic mass is 16.2. The van der Waals surface area contributed by atoms with Crippen molar-refractivity contribution in [2.45, 2.75) is 76.3 Å². The molecule has 2 saturated heterocycles. The summed E-state index contributed by atoms with van der Waals surface area (Å²) in [5.41, 5.74) is -0.114. The van der Waals surface area contributed by atoms with Gasteiger partial charge in [0, 0.05) is 25.7 Å². The van der Waals surface area contributed by atoms with E-state index in [1.54, 1.807) is 0 Å². The molecule has 0 aromatic heterocycles. The Balaban J connectivity index is 1.30. The lowest BCUT2D eigenvalue weighted by atomic mass is 9.49. The Bertz CT molecular complexity index is 575. The fourth-order valence-corrected chi connectivity index (χ4v) is 7.54. The SMILES string of the molecule is CNC1CCN(C(=O)C2CCCN2C(=O)C23CC4CC(CC(C4)C2)C3)CC1. The van der Waals surface area contributed by atoms with Crippen LogP contribution in [0.1, 0.15) is 64.2 Å². The molecule has 0 spiro atoms. The molecule has 6 fully saturated rings. The molecule has 5 nitrogen and oxygen atoms in total. The van der Waals surface area contributed by atoms with Crippen molar-refractivity contribution in [3.63, 3.8) is 0 Å². The number of rotatable bonds is 3. The van der Waals surface area contributed by atoms with Gasteiger partial charge in [-0.25, -0.2) is 0 Å². The van der Waals surface area contributed by atoms with Gasteiger partial charge >= 0.3 is 0 Å². The first-order valence-corrected chi connectivity index (χ1v) is 11.3. The molecule has 6 rings (SSSR count). The van der Waals surface area contributed by atoms with Crippen molar-refractivity contribution in [1.29, 1.82) is 0 Å². The van der Waals surface area contributed by atoms with E-state index in [2.05, 4.69) is 5.32 Å². The van der Waals surface area contributed by atoms with Crippen LogP contribution in [0.15, 0.2) is 0 Å². The molecule has 4 saturated carbocycles. The van der Waals surface area contributed by atoms with Crippen molar-refractivity contribution in [2.24, 2.45) is 23.2 Å². The number of carbonyl (C=O) groups is 2. The summed E-state index contributed by atoms with van der Waals surface area (Å²) in [6.07, 6.45) is 11.3. The van der Waals surface area contributed by atoms with Crippen LogP contribution in [0.2, 0.25) is 0 Å². The van der Waals surface area contributed by atoms with Crippen LogP contribution < -0.4 is 5.32 Å². The van der Waals surface area contributed by atoms with Crippen LogP contribution >= 0.6 is 0 Å². The van der Waals surface area contributed by atoms with E-state index in [1.807, 2.05) is 16.8 Å². The predicted octanol–water partition coefficient (Wildman–Crippen LogP) is 2.40. The Morgan fingerprint density at radius 2 is 1.48 bits per heavy atom. The molecule has 4 bridgehead atoms. The van der Waals surface area contributed by atoms with Crippen LogP contribution in [0.5, 0.6) is 0 Å². The van der Waals surface area contributed by atoms with E-state index in [0.29, 0.717) is 11.9 Å². The molecule has 2 amide bonds. The summed E-state index contributed by atoms with van der Waals surface area (Å²) in [6.45, 7) is 2.46. The van der Waals surface area contributed by atoms with E-state index < -0.39 is 0 Å². The molecule has 1 N–H and O–H groups in total. The second-order valence-corrected chi connectivity index (χ2v) is 10.2. The highest BCUT2D eigenvalue weighted by molar-refractivity contribution is 5.91. The predicted molar refractivity (Wildman–Crippen MR) is 104 cm³/mol. The molecule has 2 aliphatic heterocycles. The van der Waals surface area contributed by atoms with Crippen LogP contribution in [0.25, 0.3) is 0 Å². The molecular weight excluding hydrogens is 338 g/mol. The lowest BCUT2D eigenvalue weighted by molar-refractivity contribution is -0.162. The largest absolute Gasteiger partial charge is 0.341 e. The van der Waals surface area contributed by atoms with Crippen molar-refractivity contribution >= 4 is 11.8 Å².